The summed E-state index contributed by atoms with van der Waals surface area (Å²) >= 11 is 5.86. The van der Waals surface area contributed by atoms with Crippen molar-refractivity contribution in [1.82, 2.24) is 5.32 Å². The summed E-state index contributed by atoms with van der Waals surface area (Å²) in [6, 6.07) is 8.50. The van der Waals surface area contributed by atoms with Crippen molar-refractivity contribution in [3.8, 4) is 0 Å². The van der Waals surface area contributed by atoms with Crippen LogP contribution in [0.5, 0.6) is 0 Å². The number of fused-ring (bicyclic) bond motifs is 1. The largest absolute Gasteiger partial charge is 0.416 e. The van der Waals surface area contributed by atoms with Gasteiger partial charge in [-0.1, -0.05) is 35.9 Å². The zero-order chi connectivity index (χ0) is 18.2. The van der Waals surface area contributed by atoms with Crippen LogP contribution in [0, 0.1) is 0 Å². The molecular formula is C17H15ClF3N3O. The highest BCUT2D eigenvalue weighted by molar-refractivity contribution is 6.34. The molecule has 2 amide bonds. The normalized spacial score (nSPS) is 16.4. The van der Waals surface area contributed by atoms with Crippen LogP contribution in [-0.4, -0.2) is 6.03 Å². The van der Waals surface area contributed by atoms with E-state index in [9.17, 15) is 18.0 Å². The Kier molecular flexibility index (Phi) is 4.51. The van der Waals surface area contributed by atoms with Gasteiger partial charge < -0.3 is 16.4 Å². The maximum Gasteiger partial charge on any atom is 0.416 e. The fraction of sp³-hybridized carbons (Fsp3) is 0.235. The second kappa shape index (κ2) is 6.48. The Balaban J connectivity index is 1.74. The van der Waals surface area contributed by atoms with Crippen LogP contribution in [0.4, 0.5) is 29.3 Å². The van der Waals surface area contributed by atoms with Crippen LogP contribution in [0.3, 0.4) is 0 Å². The van der Waals surface area contributed by atoms with Crippen molar-refractivity contribution in [3.63, 3.8) is 0 Å². The molecular weight excluding hydrogens is 355 g/mol. The van der Waals surface area contributed by atoms with Gasteiger partial charge in [-0.2, -0.15) is 13.2 Å². The maximum absolute atomic E-state index is 12.7. The SMILES string of the molecule is Nc1cc(C(F)(F)F)cc(Cl)c1NC(=O)N[C@@H]1CCc2ccccc21. The average molecular weight is 370 g/mol. The van der Waals surface area contributed by atoms with E-state index in [1.807, 2.05) is 24.3 Å². The van der Waals surface area contributed by atoms with Crippen molar-refractivity contribution in [2.45, 2.75) is 25.1 Å². The Morgan fingerprint density at radius 3 is 2.64 bits per heavy atom. The third-order valence-electron chi connectivity index (χ3n) is 4.12. The summed E-state index contributed by atoms with van der Waals surface area (Å²) in [5, 5.41) is 4.97. The van der Waals surface area contributed by atoms with Crippen LogP contribution in [-0.2, 0) is 12.6 Å². The number of hydrogen-bond donors (Lipinski definition) is 3. The van der Waals surface area contributed by atoms with Gasteiger partial charge in [0.05, 0.1) is 28.0 Å². The van der Waals surface area contributed by atoms with E-state index in [1.54, 1.807) is 0 Å². The van der Waals surface area contributed by atoms with Crippen LogP contribution in [0.1, 0.15) is 29.2 Å². The molecule has 0 radical (unpaired) electrons. The highest BCUT2D eigenvalue weighted by Gasteiger charge is 2.32. The minimum atomic E-state index is -4.56. The lowest BCUT2D eigenvalue weighted by Crippen LogP contribution is -2.32. The van der Waals surface area contributed by atoms with Crippen molar-refractivity contribution in [2.24, 2.45) is 0 Å². The molecule has 4 nitrogen and oxygen atoms in total. The van der Waals surface area contributed by atoms with Crippen molar-refractivity contribution in [1.29, 1.82) is 0 Å². The molecule has 0 unspecified atom stereocenters. The Morgan fingerprint density at radius 2 is 1.96 bits per heavy atom. The fourth-order valence-corrected chi connectivity index (χ4v) is 3.21. The molecule has 25 heavy (non-hydrogen) atoms. The Bertz CT molecular complexity index is 800. The standard InChI is InChI=1S/C17H15ClF3N3O/c18-12-7-10(17(19,20)21)8-13(22)15(12)24-16(25)23-14-6-5-9-3-1-2-4-11(9)14/h1-4,7-8,14H,5-6,22H2,(H2,23,24,25)/t14-/m1/s1. The number of amides is 2. The molecule has 4 N–H and O–H groups in total. The van der Waals surface area contributed by atoms with Crippen LogP contribution < -0.4 is 16.4 Å². The summed E-state index contributed by atoms with van der Waals surface area (Å²) in [7, 11) is 0. The van der Waals surface area contributed by atoms with Crippen molar-refractivity contribution in [3.05, 3.63) is 58.1 Å². The van der Waals surface area contributed by atoms with Crippen molar-refractivity contribution in [2.75, 3.05) is 11.1 Å². The van der Waals surface area contributed by atoms with Gasteiger partial charge in [-0.15, -0.1) is 0 Å². The average Bonchev–Trinajstić information content (AvgIpc) is 2.93. The summed E-state index contributed by atoms with van der Waals surface area (Å²) < 4.78 is 38.2. The number of benzene rings is 2. The van der Waals surface area contributed by atoms with E-state index in [2.05, 4.69) is 10.6 Å². The second-order valence-corrected chi connectivity index (χ2v) is 6.22. The monoisotopic (exact) mass is 369 g/mol. The number of urea groups is 1. The van der Waals surface area contributed by atoms with Gasteiger partial charge in [-0.25, -0.2) is 4.79 Å². The number of nitrogens with two attached hydrogens (primary N) is 1. The van der Waals surface area contributed by atoms with Gasteiger partial charge >= 0.3 is 12.2 Å². The lowest BCUT2D eigenvalue weighted by molar-refractivity contribution is -0.137. The molecule has 0 aliphatic heterocycles. The van der Waals surface area contributed by atoms with E-state index in [4.69, 9.17) is 17.3 Å². The number of carbonyl (C=O) groups excluding carboxylic acids is 1. The molecule has 2 aromatic rings. The lowest BCUT2D eigenvalue weighted by atomic mass is 10.1. The Morgan fingerprint density at radius 1 is 1.24 bits per heavy atom. The molecule has 0 heterocycles. The molecule has 8 heteroatoms. The molecule has 3 rings (SSSR count). The summed E-state index contributed by atoms with van der Waals surface area (Å²) in [5.74, 6) is 0. The number of rotatable bonds is 2. The number of nitrogens with one attached hydrogen (secondary N) is 2. The van der Waals surface area contributed by atoms with Gasteiger partial charge in [0.2, 0.25) is 0 Å². The highest BCUT2D eigenvalue weighted by Crippen LogP contribution is 2.38. The number of aryl methyl sites for hydroxylation is 1. The molecule has 0 saturated carbocycles. The molecule has 2 aromatic carbocycles. The number of hydrogen-bond acceptors (Lipinski definition) is 2. The highest BCUT2D eigenvalue weighted by atomic mass is 35.5. The first-order chi connectivity index (χ1) is 11.8. The third-order valence-corrected chi connectivity index (χ3v) is 4.42. The smallest absolute Gasteiger partial charge is 0.397 e. The number of carbonyl (C=O) groups is 1. The van der Waals surface area contributed by atoms with Crippen molar-refractivity contribution >= 4 is 29.0 Å². The summed E-state index contributed by atoms with van der Waals surface area (Å²) in [5.41, 5.74) is 6.56. The van der Waals surface area contributed by atoms with Crippen LogP contribution in [0.25, 0.3) is 0 Å². The molecule has 1 aliphatic rings. The van der Waals surface area contributed by atoms with Gasteiger partial charge in [0.15, 0.2) is 0 Å². The van der Waals surface area contributed by atoms with Crippen molar-refractivity contribution < 1.29 is 18.0 Å². The topological polar surface area (TPSA) is 67.1 Å². The van der Waals surface area contributed by atoms with E-state index >= 15 is 0 Å². The predicted octanol–water partition coefficient (Wildman–Crippen LogP) is 4.75. The maximum atomic E-state index is 12.7. The molecule has 1 aliphatic carbocycles. The Labute approximate surface area is 147 Å². The Hall–Kier alpha value is -2.41. The van der Waals surface area contributed by atoms with Crippen LogP contribution in [0.15, 0.2) is 36.4 Å². The minimum Gasteiger partial charge on any atom is -0.397 e. The van der Waals surface area contributed by atoms with Crippen LogP contribution in [0.2, 0.25) is 5.02 Å². The number of halogens is 4. The number of alkyl halides is 3. The predicted molar refractivity (Wildman–Crippen MR) is 90.5 cm³/mol. The molecule has 0 aromatic heterocycles. The van der Waals surface area contributed by atoms with E-state index < -0.39 is 17.8 Å². The van der Waals surface area contributed by atoms with Gasteiger partial charge in [0, 0.05) is 0 Å². The van der Waals surface area contributed by atoms with Crippen LogP contribution >= 0.6 is 11.6 Å². The minimum absolute atomic E-state index is 0.0431. The van der Waals surface area contributed by atoms with E-state index in [0.717, 1.165) is 30.5 Å². The van der Waals surface area contributed by atoms with Gasteiger partial charge in [0.1, 0.15) is 0 Å². The first-order valence-electron chi connectivity index (χ1n) is 7.57. The summed E-state index contributed by atoms with van der Waals surface area (Å²) in [6.07, 6.45) is -2.96. The molecule has 0 fully saturated rings. The molecule has 0 saturated heterocycles. The summed E-state index contributed by atoms with van der Waals surface area (Å²) in [6.45, 7) is 0. The quantitative estimate of drug-likeness (QED) is 0.669. The molecule has 0 spiro atoms. The zero-order valence-corrected chi connectivity index (χ0v) is 13.7. The molecule has 132 valence electrons. The third kappa shape index (κ3) is 3.66. The molecule has 1 atom stereocenters. The fourth-order valence-electron chi connectivity index (χ4n) is 2.94. The number of anilines is 2. The second-order valence-electron chi connectivity index (χ2n) is 5.81. The van der Waals surface area contributed by atoms with Gasteiger partial charge in [-0.05, 0) is 36.1 Å². The summed E-state index contributed by atoms with van der Waals surface area (Å²) in [4.78, 5) is 12.2. The lowest BCUT2D eigenvalue weighted by Gasteiger charge is -2.17. The van der Waals surface area contributed by atoms with Gasteiger partial charge in [-0.3, -0.25) is 0 Å². The van der Waals surface area contributed by atoms with Gasteiger partial charge in [0.25, 0.3) is 0 Å². The van der Waals surface area contributed by atoms with E-state index in [1.165, 1.54) is 5.56 Å². The van der Waals surface area contributed by atoms with E-state index in [-0.39, 0.29) is 22.4 Å². The van der Waals surface area contributed by atoms with E-state index in [0.29, 0.717) is 0 Å². The first-order valence-corrected chi connectivity index (χ1v) is 7.95. The number of nitrogen functional groups attached to an aromatic ring is 1. The first kappa shape index (κ1) is 17.4. The molecule has 0 bridgehead atoms. The zero-order valence-electron chi connectivity index (χ0n) is 13.0.